The quantitative estimate of drug-likeness (QED) is 0.148. The summed E-state index contributed by atoms with van der Waals surface area (Å²) in [4.78, 5) is 13.3. The number of nitriles is 1. The van der Waals surface area contributed by atoms with Crippen LogP contribution in [0.15, 0.2) is 96.4 Å². The number of hydrogen-bond acceptors (Lipinski definition) is 8. The molecule has 43 heavy (non-hydrogen) atoms. The lowest BCUT2D eigenvalue weighted by Crippen LogP contribution is -2.21. The lowest BCUT2D eigenvalue weighted by atomic mass is 9.83. The summed E-state index contributed by atoms with van der Waals surface area (Å²) in [7, 11) is 1.49. The monoisotopic (exact) mass is 612 g/mol. The fourth-order valence-corrected chi connectivity index (χ4v) is 6.28. The Morgan fingerprint density at radius 2 is 1.86 bits per heavy atom. The summed E-state index contributed by atoms with van der Waals surface area (Å²) in [5, 5.41) is 11.1. The number of ether oxygens (including phenoxy) is 4. The number of nitrogens with zero attached hydrogens (tertiary/aromatic N) is 1. The molecule has 1 aliphatic heterocycles. The van der Waals surface area contributed by atoms with Crippen molar-refractivity contribution in [2.75, 3.05) is 7.11 Å². The molecule has 1 atom stereocenters. The zero-order valence-electron chi connectivity index (χ0n) is 22.6. The Balaban J connectivity index is 1.29. The zero-order chi connectivity index (χ0) is 30.1. The number of benzene rings is 4. The summed E-state index contributed by atoms with van der Waals surface area (Å²) in [5.41, 5.74) is 8.11. The molecule has 5 aromatic rings. The van der Waals surface area contributed by atoms with Gasteiger partial charge in [-0.3, -0.25) is 0 Å². The Kier molecular flexibility index (Phi) is 7.63. The van der Waals surface area contributed by atoms with Crippen LogP contribution in [0.2, 0.25) is 5.02 Å². The third-order valence-electron chi connectivity index (χ3n) is 6.98. The van der Waals surface area contributed by atoms with Crippen molar-refractivity contribution < 1.29 is 28.1 Å². The van der Waals surface area contributed by atoms with Crippen molar-refractivity contribution >= 4 is 39.0 Å². The summed E-state index contributed by atoms with van der Waals surface area (Å²) >= 11 is 7.71. The molecule has 0 radical (unpaired) electrons. The van der Waals surface area contributed by atoms with Crippen LogP contribution < -0.4 is 24.7 Å². The van der Waals surface area contributed by atoms with Crippen LogP contribution in [0.25, 0.3) is 10.1 Å². The van der Waals surface area contributed by atoms with Gasteiger partial charge in [0.1, 0.15) is 40.4 Å². The van der Waals surface area contributed by atoms with Crippen LogP contribution >= 0.6 is 22.9 Å². The SMILES string of the molecule is COc1cc(C2C(C#N)=C(N)Oc3cc(OC(=O)c4sc5ccccc5c4Cl)ccc32)ccc1OCc1ccccc1F. The van der Waals surface area contributed by atoms with E-state index in [1.807, 2.05) is 24.3 Å². The number of allylic oxidation sites excluding steroid dienone is 1. The van der Waals surface area contributed by atoms with E-state index in [9.17, 15) is 14.4 Å². The Bertz CT molecular complexity index is 1970. The number of rotatable bonds is 7. The average Bonchev–Trinajstić information content (AvgIpc) is 3.36. The molecule has 1 aromatic heterocycles. The molecule has 214 valence electrons. The zero-order valence-corrected chi connectivity index (χ0v) is 24.2. The minimum atomic E-state index is -0.606. The van der Waals surface area contributed by atoms with Crippen LogP contribution in [0.4, 0.5) is 4.39 Å². The van der Waals surface area contributed by atoms with Gasteiger partial charge in [0.05, 0.1) is 18.1 Å². The molecule has 4 aromatic carbocycles. The second kappa shape index (κ2) is 11.7. The number of thiophene rings is 1. The minimum Gasteiger partial charge on any atom is -0.493 e. The summed E-state index contributed by atoms with van der Waals surface area (Å²) in [5.74, 6) is -0.307. The first kappa shape index (κ1) is 28.1. The molecule has 10 heteroatoms. The molecular formula is C33H22ClFN2O5S. The maximum atomic E-state index is 14.1. The number of nitrogens with two attached hydrogens (primary N) is 1. The summed E-state index contributed by atoms with van der Waals surface area (Å²) in [6.45, 7) is 0.00693. The lowest BCUT2D eigenvalue weighted by molar-refractivity contribution is 0.0740. The first-order valence-electron chi connectivity index (χ1n) is 13.0. The summed E-state index contributed by atoms with van der Waals surface area (Å²) < 4.78 is 37.8. The number of hydrogen-bond donors (Lipinski definition) is 1. The van der Waals surface area contributed by atoms with Gasteiger partial charge < -0.3 is 24.7 Å². The van der Waals surface area contributed by atoms with Crippen molar-refractivity contribution in [3.05, 3.63) is 129 Å². The van der Waals surface area contributed by atoms with E-state index < -0.39 is 11.9 Å². The van der Waals surface area contributed by atoms with Gasteiger partial charge >= 0.3 is 5.97 Å². The maximum absolute atomic E-state index is 14.1. The summed E-state index contributed by atoms with van der Waals surface area (Å²) in [6.07, 6.45) is 0. The van der Waals surface area contributed by atoms with Gasteiger partial charge in [0.25, 0.3) is 0 Å². The van der Waals surface area contributed by atoms with Gasteiger partial charge in [-0.2, -0.15) is 5.26 Å². The third-order valence-corrected chi connectivity index (χ3v) is 8.64. The highest BCUT2D eigenvalue weighted by Gasteiger charge is 2.32. The molecule has 0 aliphatic carbocycles. The fourth-order valence-electron chi connectivity index (χ4n) is 4.89. The van der Waals surface area contributed by atoms with Crippen molar-refractivity contribution in [3.8, 4) is 29.1 Å². The molecule has 0 fully saturated rings. The predicted octanol–water partition coefficient (Wildman–Crippen LogP) is 7.72. The van der Waals surface area contributed by atoms with E-state index in [-0.39, 0.29) is 34.5 Å². The van der Waals surface area contributed by atoms with E-state index in [2.05, 4.69) is 6.07 Å². The van der Waals surface area contributed by atoms with Crippen molar-refractivity contribution in [1.82, 2.24) is 0 Å². The van der Waals surface area contributed by atoms with Gasteiger partial charge in [0, 0.05) is 27.3 Å². The van der Waals surface area contributed by atoms with Crippen LogP contribution in [-0.2, 0) is 6.61 Å². The third kappa shape index (κ3) is 5.34. The molecule has 7 nitrogen and oxygen atoms in total. The molecule has 1 aliphatic rings. The molecule has 0 saturated carbocycles. The van der Waals surface area contributed by atoms with Gasteiger partial charge in [0.2, 0.25) is 5.88 Å². The topological polar surface area (TPSA) is 104 Å². The average molecular weight is 613 g/mol. The lowest BCUT2D eigenvalue weighted by Gasteiger charge is -2.27. The van der Waals surface area contributed by atoms with Crippen molar-refractivity contribution in [2.45, 2.75) is 12.5 Å². The molecule has 0 bridgehead atoms. The number of esters is 1. The standard InChI is InChI=1S/C33H22ClFN2O5S/c1-39-27-14-18(10-13-25(27)40-17-19-6-2-4-8-24(19)35)29-21-12-11-20(15-26(21)42-32(37)23(29)16-36)41-33(38)31-30(34)22-7-3-5-9-28(22)43-31/h2-15,29H,17,37H2,1H3. The van der Waals surface area contributed by atoms with E-state index in [0.29, 0.717) is 39.0 Å². The van der Waals surface area contributed by atoms with Crippen LogP contribution in [-0.4, -0.2) is 13.1 Å². The minimum absolute atomic E-state index is 0.00693. The fraction of sp³-hybridized carbons (Fsp3) is 0.0909. The highest BCUT2D eigenvalue weighted by molar-refractivity contribution is 7.21. The summed E-state index contributed by atoms with van der Waals surface area (Å²) in [6, 6.07) is 26.0. The highest BCUT2D eigenvalue weighted by Crippen LogP contribution is 2.45. The van der Waals surface area contributed by atoms with Crippen LogP contribution in [0, 0.1) is 17.1 Å². The van der Waals surface area contributed by atoms with Crippen molar-refractivity contribution in [2.24, 2.45) is 5.73 Å². The van der Waals surface area contributed by atoms with E-state index in [0.717, 1.165) is 10.1 Å². The first-order valence-corrected chi connectivity index (χ1v) is 14.2. The van der Waals surface area contributed by atoms with Gasteiger partial charge in [0.15, 0.2) is 11.5 Å². The van der Waals surface area contributed by atoms with Crippen LogP contribution in [0.5, 0.6) is 23.0 Å². The molecule has 1 unspecified atom stereocenters. The van der Waals surface area contributed by atoms with E-state index in [1.165, 1.54) is 24.5 Å². The number of carbonyl (C=O) groups is 1. The Labute approximate surface area is 255 Å². The molecule has 0 amide bonds. The highest BCUT2D eigenvalue weighted by atomic mass is 35.5. The van der Waals surface area contributed by atoms with Gasteiger partial charge in [-0.15, -0.1) is 11.3 Å². The number of halogens is 2. The van der Waals surface area contributed by atoms with Crippen LogP contribution in [0.1, 0.15) is 32.3 Å². The Hall–Kier alpha value is -5.04. The Morgan fingerprint density at radius 3 is 2.63 bits per heavy atom. The molecule has 2 N–H and O–H groups in total. The number of carbonyl (C=O) groups excluding carboxylic acids is 1. The van der Waals surface area contributed by atoms with Gasteiger partial charge in [-0.1, -0.05) is 60.1 Å². The van der Waals surface area contributed by atoms with Gasteiger partial charge in [-0.25, -0.2) is 9.18 Å². The first-order chi connectivity index (χ1) is 20.9. The molecule has 2 heterocycles. The van der Waals surface area contributed by atoms with E-state index >= 15 is 0 Å². The molecule has 0 spiro atoms. The number of fused-ring (bicyclic) bond motifs is 2. The van der Waals surface area contributed by atoms with E-state index in [1.54, 1.807) is 54.6 Å². The van der Waals surface area contributed by atoms with Gasteiger partial charge in [-0.05, 0) is 35.9 Å². The molecule has 6 rings (SSSR count). The smallest absolute Gasteiger partial charge is 0.355 e. The Morgan fingerprint density at radius 1 is 1.07 bits per heavy atom. The predicted molar refractivity (Wildman–Crippen MR) is 161 cm³/mol. The molecule has 0 saturated heterocycles. The van der Waals surface area contributed by atoms with E-state index in [4.69, 9.17) is 36.3 Å². The van der Waals surface area contributed by atoms with Crippen molar-refractivity contribution in [1.29, 1.82) is 5.26 Å². The molecular weight excluding hydrogens is 591 g/mol. The number of methoxy groups -OCH3 is 1. The largest absolute Gasteiger partial charge is 0.493 e. The van der Waals surface area contributed by atoms with Crippen LogP contribution in [0.3, 0.4) is 0 Å². The second-order valence-corrected chi connectivity index (χ2v) is 11.0. The second-order valence-electron chi connectivity index (χ2n) is 9.55. The van der Waals surface area contributed by atoms with Crippen molar-refractivity contribution in [3.63, 3.8) is 0 Å². The normalized spacial score (nSPS) is 14.0. The maximum Gasteiger partial charge on any atom is 0.355 e.